The minimum Gasteiger partial charge on any atom is -0.369 e. The molecule has 1 aliphatic heterocycles. The van der Waals surface area contributed by atoms with E-state index in [1.165, 1.54) is 6.20 Å². The molecular formula is C24H25N7O2. The van der Waals surface area contributed by atoms with Gasteiger partial charge in [-0.3, -0.25) is 14.6 Å². The number of nitrogens with one attached hydrogen (secondary N) is 4. The van der Waals surface area contributed by atoms with E-state index in [0.717, 1.165) is 42.8 Å². The van der Waals surface area contributed by atoms with Gasteiger partial charge in [0.2, 0.25) is 0 Å². The fraction of sp³-hybridized carbons (Fsp3) is 0.208. The lowest BCUT2D eigenvalue weighted by atomic mass is 10.1. The van der Waals surface area contributed by atoms with Crippen LogP contribution in [0.2, 0.25) is 0 Å². The van der Waals surface area contributed by atoms with Crippen molar-refractivity contribution < 1.29 is 4.79 Å². The number of H-pyrrole nitrogens is 2. The Labute approximate surface area is 190 Å². The van der Waals surface area contributed by atoms with Crippen LogP contribution >= 0.6 is 0 Å². The molecule has 0 radical (unpaired) electrons. The van der Waals surface area contributed by atoms with E-state index in [2.05, 4.69) is 42.4 Å². The van der Waals surface area contributed by atoms with Gasteiger partial charge in [-0.25, -0.2) is 0 Å². The van der Waals surface area contributed by atoms with Gasteiger partial charge in [0.05, 0.1) is 29.3 Å². The number of amides is 1. The Morgan fingerprint density at radius 3 is 2.48 bits per heavy atom. The van der Waals surface area contributed by atoms with Crippen LogP contribution in [0.4, 0.5) is 22.7 Å². The number of anilines is 4. The summed E-state index contributed by atoms with van der Waals surface area (Å²) in [5, 5.41) is 6.95. The molecule has 1 saturated heterocycles. The number of pyridine rings is 2. The van der Waals surface area contributed by atoms with E-state index in [9.17, 15) is 9.59 Å². The van der Waals surface area contributed by atoms with E-state index in [0.29, 0.717) is 17.1 Å². The number of hydrogen-bond donors (Lipinski definition) is 4. The highest BCUT2D eigenvalue weighted by atomic mass is 16.2. The molecule has 1 amide bonds. The monoisotopic (exact) mass is 443 g/mol. The van der Waals surface area contributed by atoms with E-state index in [1.807, 2.05) is 36.5 Å². The van der Waals surface area contributed by atoms with Crippen LogP contribution in [-0.2, 0) is 0 Å². The van der Waals surface area contributed by atoms with Gasteiger partial charge in [-0.05, 0) is 43.4 Å². The highest BCUT2D eigenvalue weighted by Crippen LogP contribution is 2.26. The second kappa shape index (κ2) is 8.79. The number of nitrogens with zero attached hydrogens (tertiary/aromatic N) is 3. The predicted molar refractivity (Wildman–Crippen MR) is 131 cm³/mol. The van der Waals surface area contributed by atoms with Gasteiger partial charge >= 0.3 is 0 Å². The van der Waals surface area contributed by atoms with Crippen molar-refractivity contribution in [3.8, 4) is 0 Å². The van der Waals surface area contributed by atoms with Crippen LogP contribution in [0.1, 0.15) is 10.4 Å². The molecule has 9 nitrogen and oxygen atoms in total. The molecule has 5 rings (SSSR count). The topological polar surface area (TPSA) is 109 Å². The third-order valence-electron chi connectivity index (χ3n) is 5.93. The molecule has 168 valence electrons. The fourth-order valence-electron chi connectivity index (χ4n) is 4.05. The minimum atomic E-state index is -0.485. The Hall–Kier alpha value is -4.11. The summed E-state index contributed by atoms with van der Waals surface area (Å²) in [7, 11) is 2.12. The number of aromatic nitrogens is 3. The molecule has 4 N–H and O–H groups in total. The van der Waals surface area contributed by atoms with E-state index >= 15 is 0 Å². The van der Waals surface area contributed by atoms with Crippen molar-refractivity contribution in [3.63, 3.8) is 0 Å². The van der Waals surface area contributed by atoms with Crippen molar-refractivity contribution in [2.75, 3.05) is 48.8 Å². The van der Waals surface area contributed by atoms with Gasteiger partial charge < -0.3 is 30.4 Å². The molecule has 0 unspecified atom stereocenters. The van der Waals surface area contributed by atoms with Gasteiger partial charge in [-0.2, -0.15) is 0 Å². The smallest absolute Gasteiger partial charge is 0.263 e. The number of hydrogen-bond acceptors (Lipinski definition) is 6. The maximum absolute atomic E-state index is 13.1. The Balaban J connectivity index is 1.36. The average molecular weight is 444 g/mol. The normalized spacial score (nSPS) is 14.4. The minimum absolute atomic E-state index is 0.00758. The maximum Gasteiger partial charge on any atom is 0.263 e. The lowest BCUT2D eigenvalue weighted by molar-refractivity contribution is 0.102. The van der Waals surface area contributed by atoms with E-state index < -0.39 is 11.5 Å². The molecule has 0 saturated carbocycles. The first kappa shape index (κ1) is 20.8. The summed E-state index contributed by atoms with van der Waals surface area (Å²) in [5.41, 5.74) is 3.24. The summed E-state index contributed by atoms with van der Waals surface area (Å²) in [6.07, 6.45) is 6.71. The first-order valence-electron chi connectivity index (χ1n) is 10.8. The SMILES string of the molecule is CN1CCN(c2ccc(NC(=O)c3c(Nc4cncc5[nH]ccc45)cc[nH]c3=O)cc2)CC1. The van der Waals surface area contributed by atoms with Gasteiger partial charge in [0.15, 0.2) is 0 Å². The van der Waals surface area contributed by atoms with Gasteiger partial charge in [0.25, 0.3) is 11.5 Å². The number of likely N-dealkylation sites (N-methyl/N-ethyl adjacent to an activating group) is 1. The quantitative estimate of drug-likeness (QED) is 0.378. The molecule has 33 heavy (non-hydrogen) atoms. The van der Waals surface area contributed by atoms with Crippen LogP contribution in [0.3, 0.4) is 0 Å². The Bertz CT molecular complexity index is 1330. The lowest BCUT2D eigenvalue weighted by Gasteiger charge is -2.34. The molecule has 4 heterocycles. The van der Waals surface area contributed by atoms with Crippen LogP contribution in [0.5, 0.6) is 0 Å². The molecule has 9 heteroatoms. The van der Waals surface area contributed by atoms with Crippen molar-refractivity contribution in [2.45, 2.75) is 0 Å². The van der Waals surface area contributed by atoms with Gasteiger partial charge in [-0.15, -0.1) is 0 Å². The van der Waals surface area contributed by atoms with Crippen molar-refractivity contribution >= 4 is 39.6 Å². The first-order chi connectivity index (χ1) is 16.1. The highest BCUT2D eigenvalue weighted by molar-refractivity contribution is 6.08. The molecular weight excluding hydrogens is 418 g/mol. The summed E-state index contributed by atoms with van der Waals surface area (Å²) in [5.74, 6) is -0.485. The Morgan fingerprint density at radius 2 is 1.70 bits per heavy atom. The fourth-order valence-corrected chi connectivity index (χ4v) is 4.05. The standard InChI is InChI=1S/C24H25N7O2/c1-30-10-12-31(13-11-30)17-4-2-16(3-5-17)28-24(33)22-19(7-9-27-23(22)32)29-21-15-25-14-20-18(21)6-8-26-20/h2-9,14-15,26H,10-13H2,1H3,(H,28,33)(H2,27,29,32). The van der Waals surface area contributed by atoms with Crippen LogP contribution in [0.25, 0.3) is 10.9 Å². The molecule has 0 bridgehead atoms. The van der Waals surface area contributed by atoms with E-state index in [-0.39, 0.29) is 5.56 Å². The predicted octanol–water partition coefficient (Wildman–Crippen LogP) is 3.00. The molecule has 3 aromatic heterocycles. The molecule has 4 aromatic rings. The molecule has 1 aromatic carbocycles. The Kier molecular flexibility index (Phi) is 5.54. The summed E-state index contributed by atoms with van der Waals surface area (Å²) < 4.78 is 0. The Morgan fingerprint density at radius 1 is 0.939 bits per heavy atom. The summed E-state index contributed by atoms with van der Waals surface area (Å²) in [4.78, 5) is 40.2. The van der Waals surface area contributed by atoms with Gasteiger partial charge in [-0.1, -0.05) is 0 Å². The van der Waals surface area contributed by atoms with E-state index in [1.54, 1.807) is 18.5 Å². The van der Waals surface area contributed by atoms with Crippen LogP contribution in [0, 0.1) is 0 Å². The summed E-state index contributed by atoms with van der Waals surface area (Å²) in [6.45, 7) is 3.99. The second-order valence-electron chi connectivity index (χ2n) is 8.14. The third-order valence-corrected chi connectivity index (χ3v) is 5.93. The number of piperazine rings is 1. The molecule has 0 aliphatic carbocycles. The molecule has 0 atom stereocenters. The number of benzene rings is 1. The average Bonchev–Trinajstić information content (AvgIpc) is 3.30. The summed E-state index contributed by atoms with van der Waals surface area (Å²) in [6, 6.07) is 11.3. The maximum atomic E-state index is 13.1. The third kappa shape index (κ3) is 4.31. The lowest BCUT2D eigenvalue weighted by Crippen LogP contribution is -2.44. The molecule has 1 aliphatic rings. The van der Waals surface area contributed by atoms with Crippen molar-refractivity contribution in [3.05, 3.63) is 77.1 Å². The van der Waals surface area contributed by atoms with Crippen molar-refractivity contribution in [1.82, 2.24) is 19.9 Å². The number of fused-ring (bicyclic) bond motifs is 1. The molecule has 1 fully saturated rings. The zero-order valence-electron chi connectivity index (χ0n) is 18.3. The zero-order valence-corrected chi connectivity index (χ0v) is 18.3. The van der Waals surface area contributed by atoms with Crippen molar-refractivity contribution in [1.29, 1.82) is 0 Å². The van der Waals surface area contributed by atoms with Crippen LogP contribution in [-0.4, -0.2) is 59.0 Å². The molecule has 0 spiro atoms. The number of carbonyl (C=O) groups is 1. The number of rotatable bonds is 5. The summed E-state index contributed by atoms with van der Waals surface area (Å²) >= 11 is 0. The highest BCUT2D eigenvalue weighted by Gasteiger charge is 2.18. The van der Waals surface area contributed by atoms with Crippen molar-refractivity contribution in [2.24, 2.45) is 0 Å². The van der Waals surface area contributed by atoms with Crippen LogP contribution in [0.15, 0.2) is 66.0 Å². The first-order valence-corrected chi connectivity index (χ1v) is 10.8. The van der Waals surface area contributed by atoms with Gasteiger partial charge in [0.1, 0.15) is 5.56 Å². The largest absolute Gasteiger partial charge is 0.369 e. The van der Waals surface area contributed by atoms with E-state index in [4.69, 9.17) is 0 Å². The van der Waals surface area contributed by atoms with Gasteiger partial charge in [0, 0.05) is 55.3 Å². The second-order valence-corrected chi connectivity index (χ2v) is 8.14. The number of carbonyl (C=O) groups excluding carboxylic acids is 1. The number of aromatic amines is 2. The zero-order chi connectivity index (χ0) is 22.8. The van der Waals surface area contributed by atoms with Crippen LogP contribution < -0.4 is 21.1 Å².